The molecule has 0 radical (unpaired) electrons. The van der Waals surface area contributed by atoms with Crippen LogP contribution in [0.2, 0.25) is 0 Å². The predicted octanol–water partition coefficient (Wildman–Crippen LogP) is 3.57. The van der Waals surface area contributed by atoms with E-state index < -0.39 is 0 Å². The van der Waals surface area contributed by atoms with E-state index in [1.165, 1.54) is 27.8 Å². The zero-order valence-corrected chi connectivity index (χ0v) is 11.1. The third-order valence-corrected chi connectivity index (χ3v) is 3.79. The highest BCUT2D eigenvalue weighted by atomic mass is 16.5. The number of aldehydes is 1. The Kier molecular flexibility index (Phi) is 2.96. The van der Waals surface area contributed by atoms with Crippen molar-refractivity contribution in [3.63, 3.8) is 0 Å². The van der Waals surface area contributed by atoms with Crippen molar-refractivity contribution in [1.29, 1.82) is 0 Å². The van der Waals surface area contributed by atoms with Crippen LogP contribution >= 0.6 is 0 Å². The standard InChI is InChI=1S/C17H16O2/c1-11-3-5-13-14-6-4-12(9-18)8-16(14)17(10-19-2)15(13)7-11/h3-9,17H,10H2,1-2H3. The summed E-state index contributed by atoms with van der Waals surface area (Å²) in [4.78, 5) is 11.0. The van der Waals surface area contributed by atoms with Crippen molar-refractivity contribution < 1.29 is 9.53 Å². The molecule has 19 heavy (non-hydrogen) atoms. The van der Waals surface area contributed by atoms with Crippen LogP contribution in [0.4, 0.5) is 0 Å². The Labute approximate surface area is 113 Å². The summed E-state index contributed by atoms with van der Waals surface area (Å²) in [5.74, 6) is 0.231. The molecule has 3 rings (SSSR count). The van der Waals surface area contributed by atoms with E-state index in [-0.39, 0.29) is 5.92 Å². The lowest BCUT2D eigenvalue weighted by Crippen LogP contribution is -2.05. The minimum Gasteiger partial charge on any atom is -0.384 e. The van der Waals surface area contributed by atoms with Gasteiger partial charge in [0.2, 0.25) is 0 Å². The molecule has 2 nitrogen and oxygen atoms in total. The van der Waals surface area contributed by atoms with Gasteiger partial charge in [-0.2, -0.15) is 0 Å². The molecule has 96 valence electrons. The van der Waals surface area contributed by atoms with Gasteiger partial charge in [-0.05, 0) is 35.2 Å². The smallest absolute Gasteiger partial charge is 0.150 e. The van der Waals surface area contributed by atoms with Crippen molar-refractivity contribution >= 4 is 6.29 Å². The number of hydrogen-bond donors (Lipinski definition) is 0. The second-order valence-electron chi connectivity index (χ2n) is 5.06. The van der Waals surface area contributed by atoms with E-state index in [2.05, 4.69) is 25.1 Å². The van der Waals surface area contributed by atoms with Crippen LogP contribution < -0.4 is 0 Å². The first kappa shape index (κ1) is 12.1. The van der Waals surface area contributed by atoms with Crippen molar-refractivity contribution in [2.45, 2.75) is 12.8 Å². The molecular formula is C17H16O2. The van der Waals surface area contributed by atoms with E-state index in [1.807, 2.05) is 18.2 Å². The summed E-state index contributed by atoms with van der Waals surface area (Å²) in [5, 5.41) is 0. The van der Waals surface area contributed by atoms with Gasteiger partial charge in [-0.15, -0.1) is 0 Å². The Bertz CT molecular complexity index is 644. The topological polar surface area (TPSA) is 26.3 Å². The lowest BCUT2D eigenvalue weighted by atomic mass is 9.96. The van der Waals surface area contributed by atoms with Crippen molar-refractivity contribution in [3.05, 3.63) is 58.7 Å². The van der Waals surface area contributed by atoms with Gasteiger partial charge in [0, 0.05) is 18.6 Å². The van der Waals surface area contributed by atoms with E-state index in [9.17, 15) is 4.79 Å². The summed E-state index contributed by atoms with van der Waals surface area (Å²) in [6.45, 7) is 2.75. The summed E-state index contributed by atoms with van der Waals surface area (Å²) in [5.41, 5.74) is 6.97. The first-order chi connectivity index (χ1) is 9.24. The second-order valence-corrected chi connectivity index (χ2v) is 5.06. The minimum absolute atomic E-state index is 0.231. The fourth-order valence-corrected chi connectivity index (χ4v) is 2.92. The molecule has 0 fully saturated rings. The van der Waals surface area contributed by atoms with Gasteiger partial charge in [-0.25, -0.2) is 0 Å². The zero-order chi connectivity index (χ0) is 13.4. The molecule has 0 saturated carbocycles. The lowest BCUT2D eigenvalue weighted by molar-refractivity contribution is 0.112. The Balaban J connectivity index is 2.21. The third-order valence-electron chi connectivity index (χ3n) is 3.79. The van der Waals surface area contributed by atoms with Crippen LogP contribution in [0.25, 0.3) is 11.1 Å². The maximum Gasteiger partial charge on any atom is 0.150 e. The van der Waals surface area contributed by atoms with E-state index in [0.29, 0.717) is 6.61 Å². The zero-order valence-electron chi connectivity index (χ0n) is 11.1. The minimum atomic E-state index is 0.231. The van der Waals surface area contributed by atoms with Gasteiger partial charge in [0.05, 0.1) is 6.61 Å². The molecule has 1 atom stereocenters. The summed E-state index contributed by atoms with van der Waals surface area (Å²) in [7, 11) is 1.72. The first-order valence-corrected chi connectivity index (χ1v) is 6.43. The van der Waals surface area contributed by atoms with Crippen molar-refractivity contribution in [1.82, 2.24) is 0 Å². The van der Waals surface area contributed by atoms with Crippen molar-refractivity contribution in [3.8, 4) is 11.1 Å². The summed E-state index contributed by atoms with van der Waals surface area (Å²) in [6.07, 6.45) is 0.901. The van der Waals surface area contributed by atoms with Crippen molar-refractivity contribution in [2.75, 3.05) is 13.7 Å². The van der Waals surface area contributed by atoms with Crippen LogP contribution in [0.15, 0.2) is 36.4 Å². The quantitative estimate of drug-likeness (QED) is 0.781. The van der Waals surface area contributed by atoms with Crippen LogP contribution in [0.3, 0.4) is 0 Å². The largest absolute Gasteiger partial charge is 0.384 e. The molecule has 0 aliphatic heterocycles. The maximum absolute atomic E-state index is 11.0. The lowest BCUT2D eigenvalue weighted by Gasteiger charge is -2.12. The van der Waals surface area contributed by atoms with Gasteiger partial charge in [0.1, 0.15) is 6.29 Å². The average molecular weight is 252 g/mol. The van der Waals surface area contributed by atoms with E-state index in [4.69, 9.17) is 4.74 Å². The third kappa shape index (κ3) is 1.89. The van der Waals surface area contributed by atoms with E-state index >= 15 is 0 Å². The molecule has 1 aliphatic rings. The Hall–Kier alpha value is -1.93. The van der Waals surface area contributed by atoms with Gasteiger partial charge < -0.3 is 4.74 Å². The fraction of sp³-hybridized carbons (Fsp3) is 0.235. The normalized spacial score (nSPS) is 16.0. The second kappa shape index (κ2) is 4.63. The average Bonchev–Trinajstić information content (AvgIpc) is 2.72. The molecule has 2 aromatic carbocycles. The van der Waals surface area contributed by atoms with Gasteiger partial charge in [-0.1, -0.05) is 35.9 Å². The number of rotatable bonds is 3. The molecule has 0 amide bonds. The number of carbonyl (C=O) groups is 1. The van der Waals surface area contributed by atoms with Crippen LogP contribution in [0, 0.1) is 6.92 Å². The molecule has 2 heteroatoms. The monoisotopic (exact) mass is 252 g/mol. The fourth-order valence-electron chi connectivity index (χ4n) is 2.92. The summed E-state index contributed by atoms with van der Waals surface area (Å²) >= 11 is 0. The molecule has 2 aromatic rings. The first-order valence-electron chi connectivity index (χ1n) is 6.43. The Morgan fingerprint density at radius 1 is 1.11 bits per heavy atom. The number of fused-ring (bicyclic) bond motifs is 3. The number of hydrogen-bond acceptors (Lipinski definition) is 2. The van der Waals surface area contributed by atoms with E-state index in [1.54, 1.807) is 7.11 Å². The van der Waals surface area contributed by atoms with Gasteiger partial charge in [-0.3, -0.25) is 4.79 Å². The number of methoxy groups -OCH3 is 1. The molecule has 1 unspecified atom stereocenters. The molecule has 0 saturated heterocycles. The SMILES string of the molecule is COCC1c2cc(C)ccc2-c2ccc(C=O)cc21. The molecule has 0 bridgehead atoms. The molecule has 0 N–H and O–H groups in total. The Morgan fingerprint density at radius 2 is 1.79 bits per heavy atom. The molecular weight excluding hydrogens is 236 g/mol. The van der Waals surface area contributed by atoms with Crippen molar-refractivity contribution in [2.24, 2.45) is 0 Å². The van der Waals surface area contributed by atoms with Gasteiger partial charge in [0.25, 0.3) is 0 Å². The molecule has 0 spiro atoms. The van der Waals surface area contributed by atoms with Crippen LogP contribution in [-0.2, 0) is 4.74 Å². The highest BCUT2D eigenvalue weighted by Crippen LogP contribution is 2.45. The van der Waals surface area contributed by atoms with Gasteiger partial charge >= 0.3 is 0 Å². The molecule has 1 aliphatic carbocycles. The molecule has 0 heterocycles. The predicted molar refractivity (Wildman–Crippen MR) is 75.7 cm³/mol. The van der Waals surface area contributed by atoms with Crippen LogP contribution in [0.1, 0.15) is 33.0 Å². The van der Waals surface area contributed by atoms with Gasteiger partial charge in [0.15, 0.2) is 0 Å². The van der Waals surface area contributed by atoms with Crippen LogP contribution in [0.5, 0.6) is 0 Å². The summed E-state index contributed by atoms with van der Waals surface area (Å²) < 4.78 is 5.36. The highest BCUT2D eigenvalue weighted by Gasteiger charge is 2.28. The number of ether oxygens (including phenoxy) is 1. The number of aryl methyl sites for hydroxylation is 1. The summed E-state index contributed by atoms with van der Waals surface area (Å²) in [6, 6.07) is 12.4. The van der Waals surface area contributed by atoms with E-state index in [0.717, 1.165) is 11.8 Å². The molecule has 0 aromatic heterocycles. The highest BCUT2D eigenvalue weighted by molar-refractivity contribution is 5.84. The number of carbonyl (C=O) groups excluding carboxylic acids is 1. The van der Waals surface area contributed by atoms with Crippen LogP contribution in [-0.4, -0.2) is 20.0 Å². The number of benzene rings is 2. The Morgan fingerprint density at radius 3 is 2.47 bits per heavy atom. The maximum atomic E-state index is 11.0.